The van der Waals surface area contributed by atoms with E-state index in [4.69, 9.17) is 10.00 Å². The van der Waals surface area contributed by atoms with Crippen LogP contribution in [0.2, 0.25) is 0 Å². The van der Waals surface area contributed by atoms with Gasteiger partial charge >= 0.3 is 12.3 Å². The van der Waals surface area contributed by atoms with E-state index < -0.39 is 17.8 Å². The van der Waals surface area contributed by atoms with Gasteiger partial charge in [-0.1, -0.05) is 43.3 Å². The maximum absolute atomic E-state index is 13.9. The molecule has 1 aliphatic heterocycles. The number of piperazine rings is 1. The van der Waals surface area contributed by atoms with Crippen LogP contribution in [0.1, 0.15) is 52.1 Å². The smallest absolute Gasteiger partial charge is 0.410 e. The fraction of sp³-hybridized carbons (Fsp3) is 0.516. The van der Waals surface area contributed by atoms with Gasteiger partial charge in [0.1, 0.15) is 18.2 Å². The lowest BCUT2D eigenvalue weighted by Gasteiger charge is -2.36. The van der Waals surface area contributed by atoms with Gasteiger partial charge in [0, 0.05) is 38.3 Å². The van der Waals surface area contributed by atoms with Gasteiger partial charge in [-0.2, -0.15) is 18.4 Å². The topological polar surface area (TPSA) is 97.7 Å². The molecule has 2 N–H and O–H groups in total. The summed E-state index contributed by atoms with van der Waals surface area (Å²) in [7, 11) is 0. The molecule has 1 saturated heterocycles. The van der Waals surface area contributed by atoms with Crippen LogP contribution in [0.5, 0.6) is 0 Å². The van der Waals surface area contributed by atoms with Gasteiger partial charge in [0.05, 0.1) is 6.07 Å². The minimum absolute atomic E-state index is 0.0885. The number of nitrogens with zero attached hydrogens (tertiary/aromatic N) is 3. The highest BCUT2D eigenvalue weighted by Gasteiger charge is 2.40. The number of amides is 2. The van der Waals surface area contributed by atoms with Crippen LogP contribution in [0.25, 0.3) is 11.1 Å². The summed E-state index contributed by atoms with van der Waals surface area (Å²) in [5, 5.41) is 13.6. The fourth-order valence-corrected chi connectivity index (χ4v) is 4.73. The van der Waals surface area contributed by atoms with Crippen molar-refractivity contribution in [2.75, 3.05) is 44.2 Å². The number of anilines is 1. The molecule has 0 spiro atoms. The molecule has 2 aromatic carbocycles. The zero-order valence-electron chi connectivity index (χ0n) is 24.6. The number of nitriles is 1. The second-order valence-electron chi connectivity index (χ2n) is 11.6. The zero-order chi connectivity index (χ0) is 30.9. The van der Waals surface area contributed by atoms with Crippen molar-refractivity contribution in [3.05, 3.63) is 54.1 Å². The molecule has 1 heterocycles. The molecule has 0 aliphatic carbocycles. The number of ether oxygens (including phenoxy) is 1. The standard InChI is InChI=1S/C31H40F3N5O3/c1-22(21-27(40)36-16-14-35)13-15-37-28(31(32,33)34)25-7-5-23(6-8-25)24-9-11-26(12-10-24)38-17-19-39(20-18-38)29(41)42-30(2,3)4/h5-12,22,28,37H,13,15-21H2,1-4H3,(H,36,40). The van der Waals surface area contributed by atoms with Crippen LogP contribution in [0.3, 0.4) is 0 Å². The van der Waals surface area contributed by atoms with Gasteiger partial charge in [-0.25, -0.2) is 4.79 Å². The van der Waals surface area contributed by atoms with Crippen molar-refractivity contribution in [2.45, 2.75) is 58.4 Å². The third-order valence-electron chi connectivity index (χ3n) is 6.95. The summed E-state index contributed by atoms with van der Waals surface area (Å²) in [5.41, 5.74) is 2.28. The van der Waals surface area contributed by atoms with Gasteiger partial charge in [0.2, 0.25) is 5.91 Å². The second-order valence-corrected chi connectivity index (χ2v) is 11.6. The van der Waals surface area contributed by atoms with Gasteiger partial charge in [-0.3, -0.25) is 4.79 Å². The number of benzene rings is 2. The van der Waals surface area contributed by atoms with Gasteiger partial charge < -0.3 is 25.2 Å². The highest BCUT2D eigenvalue weighted by Crippen LogP contribution is 2.34. The fourth-order valence-electron chi connectivity index (χ4n) is 4.73. The third kappa shape index (κ3) is 9.94. The molecule has 0 bridgehead atoms. The van der Waals surface area contributed by atoms with Crippen molar-refractivity contribution in [1.29, 1.82) is 5.26 Å². The minimum atomic E-state index is -4.48. The number of alkyl halides is 3. The quantitative estimate of drug-likeness (QED) is 0.348. The summed E-state index contributed by atoms with van der Waals surface area (Å²) in [6.07, 6.45) is -4.26. The maximum Gasteiger partial charge on any atom is 0.410 e. The van der Waals surface area contributed by atoms with E-state index in [1.807, 2.05) is 51.1 Å². The van der Waals surface area contributed by atoms with Crippen LogP contribution in [0.15, 0.2) is 48.5 Å². The van der Waals surface area contributed by atoms with Crippen molar-refractivity contribution in [1.82, 2.24) is 15.5 Å². The average Bonchev–Trinajstić information content (AvgIpc) is 2.93. The van der Waals surface area contributed by atoms with Gasteiger partial charge in [-0.15, -0.1) is 0 Å². The van der Waals surface area contributed by atoms with Gasteiger partial charge in [0.25, 0.3) is 0 Å². The van der Waals surface area contributed by atoms with E-state index in [1.54, 1.807) is 24.0 Å². The number of nitrogens with one attached hydrogen (secondary N) is 2. The van der Waals surface area contributed by atoms with E-state index in [-0.39, 0.29) is 43.0 Å². The monoisotopic (exact) mass is 587 g/mol. The van der Waals surface area contributed by atoms with Crippen LogP contribution >= 0.6 is 0 Å². The Labute approximate surface area is 245 Å². The first-order valence-corrected chi connectivity index (χ1v) is 14.1. The predicted octanol–water partition coefficient (Wildman–Crippen LogP) is 5.66. The Hall–Kier alpha value is -3.78. The largest absolute Gasteiger partial charge is 0.444 e. The molecule has 1 fully saturated rings. The van der Waals surface area contributed by atoms with Crippen LogP contribution in [-0.4, -0.2) is 67.9 Å². The third-order valence-corrected chi connectivity index (χ3v) is 6.95. The van der Waals surface area contributed by atoms with E-state index in [2.05, 4.69) is 15.5 Å². The first kappa shape index (κ1) is 32.7. The summed E-state index contributed by atoms with van der Waals surface area (Å²) < 4.78 is 47.1. The first-order chi connectivity index (χ1) is 19.8. The van der Waals surface area contributed by atoms with E-state index in [0.717, 1.165) is 16.8 Å². The molecule has 2 aromatic rings. The van der Waals surface area contributed by atoms with E-state index in [1.165, 1.54) is 12.1 Å². The van der Waals surface area contributed by atoms with Crippen molar-refractivity contribution in [3.8, 4) is 17.2 Å². The minimum Gasteiger partial charge on any atom is -0.444 e. The SMILES string of the molecule is CC(CCNC(c1ccc(-c2ccc(N3CCN(C(=O)OC(C)(C)C)CC3)cc2)cc1)C(F)(F)F)CC(=O)NCC#N. The average molecular weight is 588 g/mol. The van der Waals surface area contributed by atoms with E-state index in [9.17, 15) is 22.8 Å². The summed E-state index contributed by atoms with van der Waals surface area (Å²) in [6, 6.07) is 14.2. The van der Waals surface area contributed by atoms with Crippen LogP contribution in [0, 0.1) is 17.2 Å². The lowest BCUT2D eigenvalue weighted by Crippen LogP contribution is -2.50. The van der Waals surface area contributed by atoms with E-state index >= 15 is 0 Å². The molecule has 2 amide bonds. The molecule has 228 valence electrons. The Morgan fingerprint density at radius 1 is 0.976 bits per heavy atom. The van der Waals surface area contributed by atoms with Crippen LogP contribution < -0.4 is 15.5 Å². The molecule has 0 radical (unpaired) electrons. The zero-order valence-corrected chi connectivity index (χ0v) is 24.6. The molecule has 2 unspecified atom stereocenters. The summed E-state index contributed by atoms with van der Waals surface area (Å²) in [6.45, 7) is 9.79. The molecule has 3 rings (SSSR count). The number of carbonyl (C=O) groups excluding carboxylic acids is 2. The molecule has 0 saturated carbocycles. The Morgan fingerprint density at radius 2 is 1.55 bits per heavy atom. The molecular formula is C31H40F3N5O3. The number of halogens is 3. The number of rotatable bonds is 10. The summed E-state index contributed by atoms with van der Waals surface area (Å²) in [5.74, 6) is -0.426. The Bertz CT molecular complexity index is 1210. The van der Waals surface area contributed by atoms with Crippen LogP contribution in [-0.2, 0) is 9.53 Å². The Kier molecular flexibility index (Phi) is 11.2. The molecule has 2 atom stereocenters. The first-order valence-electron chi connectivity index (χ1n) is 14.1. The summed E-state index contributed by atoms with van der Waals surface area (Å²) >= 11 is 0. The summed E-state index contributed by atoms with van der Waals surface area (Å²) in [4.78, 5) is 27.9. The predicted molar refractivity (Wildman–Crippen MR) is 156 cm³/mol. The normalized spacial score (nSPS) is 15.5. The Morgan fingerprint density at radius 3 is 2.07 bits per heavy atom. The molecular weight excluding hydrogens is 547 g/mol. The number of hydrogen-bond acceptors (Lipinski definition) is 6. The molecule has 1 aliphatic rings. The van der Waals surface area contributed by atoms with E-state index in [0.29, 0.717) is 32.6 Å². The van der Waals surface area contributed by atoms with Crippen LogP contribution in [0.4, 0.5) is 23.7 Å². The lowest BCUT2D eigenvalue weighted by atomic mass is 9.99. The molecule has 0 aromatic heterocycles. The maximum atomic E-state index is 13.9. The lowest BCUT2D eigenvalue weighted by molar-refractivity contribution is -0.157. The highest BCUT2D eigenvalue weighted by atomic mass is 19.4. The number of hydrogen-bond donors (Lipinski definition) is 2. The molecule has 42 heavy (non-hydrogen) atoms. The van der Waals surface area contributed by atoms with Gasteiger partial charge in [0.15, 0.2) is 0 Å². The molecule has 11 heteroatoms. The second kappa shape index (κ2) is 14.4. The van der Waals surface area contributed by atoms with Crippen molar-refractivity contribution < 1.29 is 27.5 Å². The van der Waals surface area contributed by atoms with Crippen molar-refractivity contribution in [2.24, 2.45) is 5.92 Å². The van der Waals surface area contributed by atoms with Crippen molar-refractivity contribution >= 4 is 17.7 Å². The van der Waals surface area contributed by atoms with Crippen molar-refractivity contribution in [3.63, 3.8) is 0 Å². The molecule has 8 nitrogen and oxygen atoms in total. The number of carbonyl (C=O) groups is 2. The van der Waals surface area contributed by atoms with Gasteiger partial charge in [-0.05, 0) is 68.5 Å². The highest BCUT2D eigenvalue weighted by molar-refractivity contribution is 5.76. The Balaban J connectivity index is 1.56.